The summed E-state index contributed by atoms with van der Waals surface area (Å²) in [6, 6.07) is 12.6. The first kappa shape index (κ1) is 18.8. The van der Waals surface area contributed by atoms with E-state index in [0.717, 1.165) is 48.6 Å². The molecular weight excluding hydrogens is 370 g/mol. The first-order valence-corrected chi connectivity index (χ1v) is 10.6. The first-order chi connectivity index (χ1) is 13.7. The number of nitrogens with one attached hydrogen (secondary N) is 1. The van der Waals surface area contributed by atoms with Crippen molar-refractivity contribution in [3.63, 3.8) is 0 Å². The van der Waals surface area contributed by atoms with Gasteiger partial charge in [0.05, 0.1) is 11.9 Å². The molecule has 1 N–H and O–H groups in total. The number of amides is 1. The summed E-state index contributed by atoms with van der Waals surface area (Å²) in [5.41, 5.74) is 1.21. The van der Waals surface area contributed by atoms with Crippen LogP contribution in [0.5, 0.6) is 0 Å². The van der Waals surface area contributed by atoms with Crippen LogP contribution < -0.4 is 10.2 Å². The van der Waals surface area contributed by atoms with Crippen molar-refractivity contribution in [3.8, 4) is 10.4 Å². The highest BCUT2D eigenvalue weighted by molar-refractivity contribution is 7.21. The van der Waals surface area contributed by atoms with Gasteiger partial charge in [-0.2, -0.15) is 0 Å². The van der Waals surface area contributed by atoms with E-state index in [0.29, 0.717) is 13.1 Å². The number of hydrogen-bond donors (Lipinski definition) is 1. The van der Waals surface area contributed by atoms with E-state index in [1.54, 1.807) is 17.7 Å². The monoisotopic (exact) mass is 395 g/mol. The molecule has 4 rings (SSSR count). The summed E-state index contributed by atoms with van der Waals surface area (Å²) in [5.74, 6) is 1.11. The van der Waals surface area contributed by atoms with Crippen molar-refractivity contribution < 1.29 is 4.79 Å². The molecule has 6 nitrogen and oxygen atoms in total. The van der Waals surface area contributed by atoms with E-state index in [1.807, 2.05) is 13.0 Å². The molecule has 28 heavy (non-hydrogen) atoms. The van der Waals surface area contributed by atoms with Gasteiger partial charge in [-0.25, -0.2) is 9.97 Å². The number of benzene rings is 1. The maximum absolute atomic E-state index is 11.9. The standard InChI is InChI=1S/C21H25N5OS/c1-2-22-19(27)14-25-9-6-10-26(12-11-25)20-17-13-18(16-7-4-3-5-8-16)28-21(17)24-15-23-20/h3-5,7-8,13,15H,2,6,9-12,14H2,1H3,(H,22,27). The number of nitrogens with zero attached hydrogens (tertiary/aromatic N) is 4. The summed E-state index contributed by atoms with van der Waals surface area (Å²) in [7, 11) is 0. The summed E-state index contributed by atoms with van der Waals surface area (Å²) in [5, 5.41) is 4.00. The number of carbonyl (C=O) groups excluding carboxylic acids is 1. The van der Waals surface area contributed by atoms with Gasteiger partial charge in [0.25, 0.3) is 0 Å². The molecule has 1 aliphatic heterocycles. The van der Waals surface area contributed by atoms with Crippen molar-refractivity contribution in [2.24, 2.45) is 0 Å². The molecule has 0 radical (unpaired) electrons. The quantitative estimate of drug-likeness (QED) is 0.720. The van der Waals surface area contributed by atoms with E-state index in [9.17, 15) is 4.79 Å². The summed E-state index contributed by atoms with van der Waals surface area (Å²) in [4.78, 5) is 27.8. The fourth-order valence-corrected chi connectivity index (χ4v) is 4.64. The van der Waals surface area contributed by atoms with Crippen LogP contribution in [0.4, 0.5) is 5.82 Å². The Morgan fingerprint density at radius 3 is 2.82 bits per heavy atom. The third kappa shape index (κ3) is 4.15. The van der Waals surface area contributed by atoms with Gasteiger partial charge in [0.15, 0.2) is 0 Å². The fourth-order valence-electron chi connectivity index (χ4n) is 3.64. The van der Waals surface area contributed by atoms with Crippen LogP contribution in [0, 0.1) is 0 Å². The summed E-state index contributed by atoms with van der Waals surface area (Å²) in [6.45, 7) is 6.69. The van der Waals surface area contributed by atoms with Gasteiger partial charge in [-0.1, -0.05) is 30.3 Å². The minimum atomic E-state index is 0.103. The molecule has 0 saturated carbocycles. The number of thiophene rings is 1. The molecule has 0 spiro atoms. The van der Waals surface area contributed by atoms with Crippen molar-refractivity contribution >= 4 is 33.3 Å². The van der Waals surface area contributed by atoms with Crippen LogP contribution in [0.15, 0.2) is 42.7 Å². The Labute approximate surface area is 169 Å². The van der Waals surface area contributed by atoms with E-state index in [1.165, 1.54) is 10.4 Å². The molecule has 146 valence electrons. The number of rotatable bonds is 5. The molecule has 0 bridgehead atoms. The average Bonchev–Trinajstić information content (AvgIpc) is 3.03. The maximum Gasteiger partial charge on any atom is 0.234 e. The SMILES string of the molecule is CCNC(=O)CN1CCCN(c2ncnc3sc(-c4ccccc4)cc23)CC1. The number of likely N-dealkylation sites (N-methyl/N-ethyl adjacent to an activating group) is 1. The number of aromatic nitrogens is 2. The highest BCUT2D eigenvalue weighted by atomic mass is 32.1. The fraction of sp³-hybridized carbons (Fsp3) is 0.381. The lowest BCUT2D eigenvalue weighted by Gasteiger charge is -2.22. The number of carbonyl (C=O) groups is 1. The topological polar surface area (TPSA) is 61.4 Å². The van der Waals surface area contributed by atoms with E-state index < -0.39 is 0 Å². The second kappa shape index (κ2) is 8.67. The molecule has 0 aliphatic carbocycles. The molecule has 1 fully saturated rings. The third-order valence-corrected chi connectivity index (χ3v) is 6.09. The largest absolute Gasteiger partial charge is 0.355 e. The second-order valence-corrected chi connectivity index (χ2v) is 7.99. The molecule has 2 aromatic heterocycles. The minimum Gasteiger partial charge on any atom is -0.355 e. The van der Waals surface area contributed by atoms with Crippen molar-refractivity contribution in [2.45, 2.75) is 13.3 Å². The number of fused-ring (bicyclic) bond motifs is 1. The van der Waals surface area contributed by atoms with E-state index in [-0.39, 0.29) is 5.91 Å². The number of hydrogen-bond acceptors (Lipinski definition) is 6. The van der Waals surface area contributed by atoms with Crippen molar-refractivity contribution in [2.75, 3.05) is 44.2 Å². The normalized spacial score (nSPS) is 15.5. The van der Waals surface area contributed by atoms with Crippen LogP contribution in [0.2, 0.25) is 0 Å². The lowest BCUT2D eigenvalue weighted by atomic mass is 10.2. The van der Waals surface area contributed by atoms with Crippen molar-refractivity contribution in [3.05, 3.63) is 42.7 Å². The molecule has 0 unspecified atom stereocenters. The van der Waals surface area contributed by atoms with Gasteiger partial charge in [0.1, 0.15) is 17.0 Å². The maximum atomic E-state index is 11.9. The number of anilines is 1. The smallest absolute Gasteiger partial charge is 0.234 e. The summed E-state index contributed by atoms with van der Waals surface area (Å²) in [6.07, 6.45) is 2.68. The molecule has 3 heterocycles. The highest BCUT2D eigenvalue weighted by Gasteiger charge is 2.20. The lowest BCUT2D eigenvalue weighted by molar-refractivity contribution is -0.122. The zero-order chi connectivity index (χ0) is 19.3. The lowest BCUT2D eigenvalue weighted by Crippen LogP contribution is -2.39. The van der Waals surface area contributed by atoms with Crippen molar-refractivity contribution in [1.82, 2.24) is 20.2 Å². The molecule has 7 heteroatoms. The highest BCUT2D eigenvalue weighted by Crippen LogP contribution is 2.36. The predicted molar refractivity (Wildman–Crippen MR) is 115 cm³/mol. The Balaban J connectivity index is 1.54. The van der Waals surface area contributed by atoms with Crippen LogP contribution in [0.3, 0.4) is 0 Å². The average molecular weight is 396 g/mol. The van der Waals surface area contributed by atoms with Gasteiger partial charge >= 0.3 is 0 Å². The van der Waals surface area contributed by atoms with Gasteiger partial charge in [-0.3, -0.25) is 9.69 Å². The molecule has 1 amide bonds. The van der Waals surface area contributed by atoms with Crippen molar-refractivity contribution in [1.29, 1.82) is 0 Å². The van der Waals surface area contributed by atoms with Gasteiger partial charge in [0, 0.05) is 37.6 Å². The molecular formula is C21H25N5OS. The van der Waals surface area contributed by atoms with Gasteiger partial charge < -0.3 is 10.2 Å². The Bertz CT molecular complexity index is 942. The summed E-state index contributed by atoms with van der Waals surface area (Å²) >= 11 is 1.71. The van der Waals surface area contributed by atoms with E-state index >= 15 is 0 Å². The van der Waals surface area contributed by atoms with Crippen LogP contribution in [0.25, 0.3) is 20.7 Å². The Morgan fingerprint density at radius 1 is 1.14 bits per heavy atom. The zero-order valence-corrected chi connectivity index (χ0v) is 16.9. The van der Waals surface area contributed by atoms with E-state index in [4.69, 9.17) is 0 Å². The molecule has 3 aromatic rings. The Morgan fingerprint density at radius 2 is 2.00 bits per heavy atom. The van der Waals surface area contributed by atoms with Crippen LogP contribution >= 0.6 is 11.3 Å². The predicted octanol–water partition coefficient (Wildman–Crippen LogP) is 3.01. The summed E-state index contributed by atoms with van der Waals surface area (Å²) < 4.78 is 0. The Kier molecular flexibility index (Phi) is 5.83. The molecule has 0 atom stereocenters. The van der Waals surface area contributed by atoms with Gasteiger partial charge in [-0.15, -0.1) is 11.3 Å². The molecule has 1 saturated heterocycles. The van der Waals surface area contributed by atoms with Gasteiger partial charge in [0.2, 0.25) is 5.91 Å². The van der Waals surface area contributed by atoms with E-state index in [2.05, 4.69) is 55.4 Å². The first-order valence-electron chi connectivity index (χ1n) is 9.78. The van der Waals surface area contributed by atoms with Gasteiger partial charge in [-0.05, 0) is 25.0 Å². The third-order valence-electron chi connectivity index (χ3n) is 5.00. The minimum absolute atomic E-state index is 0.103. The van der Waals surface area contributed by atoms with Crippen LogP contribution in [-0.2, 0) is 4.79 Å². The second-order valence-electron chi connectivity index (χ2n) is 6.96. The van der Waals surface area contributed by atoms with Crippen LogP contribution in [0.1, 0.15) is 13.3 Å². The molecule has 1 aliphatic rings. The van der Waals surface area contributed by atoms with Crippen LogP contribution in [-0.4, -0.2) is 60.0 Å². The molecule has 1 aromatic carbocycles. The Hall–Kier alpha value is -2.51. The zero-order valence-electron chi connectivity index (χ0n) is 16.1.